The molecule has 55 heavy (non-hydrogen) atoms. The van der Waals surface area contributed by atoms with Crippen LogP contribution in [0, 0.1) is 11.8 Å². The standard InChI is InChI=1S/C49H94O6/c1-6-7-8-9-10-11-19-24-29-34-39-47(50)53-42-46(43-54-48(51)40-35-30-26-21-23-28-33-38-45(4)5)55-49(52)41-36-31-25-20-17-15-13-12-14-16-18-22-27-32-37-44(2)3/h44-46H,6-43H2,1-5H3/t46-/m0/s1. The molecular weight excluding hydrogens is 685 g/mol. The molecule has 0 aromatic heterocycles. The molecular formula is C49H94O6. The summed E-state index contributed by atoms with van der Waals surface area (Å²) < 4.78 is 16.7. The Hall–Kier alpha value is -1.59. The highest BCUT2D eigenvalue weighted by Crippen LogP contribution is 2.17. The summed E-state index contributed by atoms with van der Waals surface area (Å²) in [7, 11) is 0. The zero-order valence-electron chi connectivity index (χ0n) is 37.6. The van der Waals surface area contributed by atoms with E-state index in [4.69, 9.17) is 14.2 Å². The van der Waals surface area contributed by atoms with Gasteiger partial charge in [-0.2, -0.15) is 0 Å². The number of hydrogen-bond acceptors (Lipinski definition) is 6. The van der Waals surface area contributed by atoms with E-state index in [9.17, 15) is 14.4 Å². The minimum Gasteiger partial charge on any atom is -0.462 e. The molecule has 0 bridgehead atoms. The first-order valence-electron chi connectivity index (χ1n) is 24.2. The molecule has 0 N–H and O–H groups in total. The van der Waals surface area contributed by atoms with Gasteiger partial charge in [0.05, 0.1) is 0 Å². The van der Waals surface area contributed by atoms with Gasteiger partial charge in [-0.3, -0.25) is 14.4 Å². The van der Waals surface area contributed by atoms with Crippen LogP contribution in [0.4, 0.5) is 0 Å². The van der Waals surface area contributed by atoms with E-state index in [0.29, 0.717) is 19.3 Å². The van der Waals surface area contributed by atoms with Gasteiger partial charge in [-0.1, -0.05) is 227 Å². The summed E-state index contributed by atoms with van der Waals surface area (Å²) in [5.41, 5.74) is 0. The van der Waals surface area contributed by atoms with Crippen LogP contribution in [0.3, 0.4) is 0 Å². The molecule has 0 aliphatic heterocycles. The predicted octanol–water partition coefficient (Wildman–Crippen LogP) is 15.4. The molecule has 0 saturated heterocycles. The molecule has 0 spiro atoms. The number of unbranched alkanes of at least 4 members (excludes halogenated alkanes) is 28. The number of carbonyl (C=O) groups is 3. The van der Waals surface area contributed by atoms with Crippen LogP contribution < -0.4 is 0 Å². The van der Waals surface area contributed by atoms with Crippen molar-refractivity contribution >= 4 is 17.9 Å². The molecule has 0 aliphatic carbocycles. The van der Waals surface area contributed by atoms with Gasteiger partial charge in [0.1, 0.15) is 13.2 Å². The number of ether oxygens (including phenoxy) is 3. The molecule has 0 aromatic carbocycles. The molecule has 0 unspecified atom stereocenters. The summed E-state index contributed by atoms with van der Waals surface area (Å²) in [4.78, 5) is 37.7. The van der Waals surface area contributed by atoms with Crippen molar-refractivity contribution in [2.24, 2.45) is 11.8 Å². The van der Waals surface area contributed by atoms with Crippen LogP contribution in [0.5, 0.6) is 0 Å². The van der Waals surface area contributed by atoms with E-state index in [1.165, 1.54) is 154 Å². The number of rotatable bonds is 43. The highest BCUT2D eigenvalue weighted by atomic mass is 16.6. The highest BCUT2D eigenvalue weighted by molar-refractivity contribution is 5.71. The first kappa shape index (κ1) is 53.4. The van der Waals surface area contributed by atoms with E-state index in [1.54, 1.807) is 0 Å². The maximum atomic E-state index is 12.7. The van der Waals surface area contributed by atoms with E-state index in [-0.39, 0.29) is 31.1 Å². The molecule has 0 aromatic rings. The number of esters is 3. The van der Waals surface area contributed by atoms with E-state index >= 15 is 0 Å². The average molecular weight is 779 g/mol. The van der Waals surface area contributed by atoms with Crippen LogP contribution in [-0.4, -0.2) is 37.2 Å². The van der Waals surface area contributed by atoms with Gasteiger partial charge in [-0.05, 0) is 31.1 Å². The third-order valence-electron chi connectivity index (χ3n) is 11.0. The summed E-state index contributed by atoms with van der Waals surface area (Å²) in [6.07, 6.45) is 41.0. The molecule has 0 saturated carbocycles. The Morgan fingerprint density at radius 2 is 0.600 bits per heavy atom. The predicted molar refractivity (Wildman–Crippen MR) is 233 cm³/mol. The summed E-state index contributed by atoms with van der Waals surface area (Å²) >= 11 is 0. The lowest BCUT2D eigenvalue weighted by molar-refractivity contribution is -0.167. The third kappa shape index (κ3) is 43.4. The Kier molecular flexibility index (Phi) is 40.8. The van der Waals surface area contributed by atoms with Crippen LogP contribution in [0.25, 0.3) is 0 Å². The normalized spacial score (nSPS) is 12.1. The van der Waals surface area contributed by atoms with Gasteiger partial charge in [0.2, 0.25) is 0 Å². The van der Waals surface area contributed by atoms with Crippen LogP contribution >= 0.6 is 0 Å². The van der Waals surface area contributed by atoms with Gasteiger partial charge in [0, 0.05) is 19.3 Å². The molecule has 0 aliphatic rings. The van der Waals surface area contributed by atoms with Gasteiger partial charge >= 0.3 is 17.9 Å². The van der Waals surface area contributed by atoms with Gasteiger partial charge in [0.25, 0.3) is 0 Å². The molecule has 0 amide bonds. The van der Waals surface area contributed by atoms with Crippen LogP contribution in [0.2, 0.25) is 0 Å². The lowest BCUT2D eigenvalue weighted by Crippen LogP contribution is -2.30. The number of carbonyl (C=O) groups excluding carboxylic acids is 3. The smallest absolute Gasteiger partial charge is 0.306 e. The quantitative estimate of drug-likeness (QED) is 0.0348. The Labute approximate surface area is 342 Å². The fourth-order valence-electron chi connectivity index (χ4n) is 7.28. The first-order valence-corrected chi connectivity index (χ1v) is 24.2. The highest BCUT2D eigenvalue weighted by Gasteiger charge is 2.19. The van der Waals surface area contributed by atoms with E-state index in [1.807, 2.05) is 0 Å². The summed E-state index contributed by atoms with van der Waals surface area (Å²) in [5, 5.41) is 0. The lowest BCUT2D eigenvalue weighted by atomic mass is 10.0. The van der Waals surface area contributed by atoms with Crippen LogP contribution in [-0.2, 0) is 28.6 Å². The summed E-state index contributed by atoms with van der Waals surface area (Å²) in [6, 6.07) is 0. The Balaban J connectivity index is 4.28. The first-order chi connectivity index (χ1) is 26.7. The fourth-order valence-corrected chi connectivity index (χ4v) is 7.28. The monoisotopic (exact) mass is 779 g/mol. The van der Waals surface area contributed by atoms with Crippen molar-refractivity contribution in [2.45, 2.75) is 272 Å². The molecule has 326 valence electrons. The zero-order chi connectivity index (χ0) is 40.5. The van der Waals surface area contributed by atoms with E-state index in [0.717, 1.165) is 69.6 Å². The maximum Gasteiger partial charge on any atom is 0.306 e. The molecule has 6 heteroatoms. The van der Waals surface area contributed by atoms with E-state index < -0.39 is 6.10 Å². The van der Waals surface area contributed by atoms with Gasteiger partial charge in [0.15, 0.2) is 6.10 Å². The summed E-state index contributed by atoms with van der Waals surface area (Å²) in [6.45, 7) is 11.3. The van der Waals surface area contributed by atoms with Crippen molar-refractivity contribution in [1.82, 2.24) is 0 Å². The van der Waals surface area contributed by atoms with Crippen molar-refractivity contribution in [1.29, 1.82) is 0 Å². The van der Waals surface area contributed by atoms with Crippen molar-refractivity contribution in [3.05, 3.63) is 0 Å². The Bertz CT molecular complexity index is 839. The second kappa shape index (κ2) is 42.0. The van der Waals surface area contributed by atoms with Crippen molar-refractivity contribution < 1.29 is 28.6 Å². The summed E-state index contributed by atoms with van der Waals surface area (Å²) in [5.74, 6) is 0.768. The molecule has 6 nitrogen and oxygen atoms in total. The van der Waals surface area contributed by atoms with Gasteiger partial charge in [-0.15, -0.1) is 0 Å². The molecule has 0 fully saturated rings. The van der Waals surface area contributed by atoms with Crippen molar-refractivity contribution in [3.8, 4) is 0 Å². The third-order valence-corrected chi connectivity index (χ3v) is 11.0. The number of hydrogen-bond donors (Lipinski definition) is 0. The van der Waals surface area contributed by atoms with Crippen LogP contribution in [0.15, 0.2) is 0 Å². The Morgan fingerprint density at radius 1 is 0.345 bits per heavy atom. The lowest BCUT2D eigenvalue weighted by Gasteiger charge is -2.18. The zero-order valence-corrected chi connectivity index (χ0v) is 37.6. The topological polar surface area (TPSA) is 78.9 Å². The molecule has 0 heterocycles. The average Bonchev–Trinajstić information content (AvgIpc) is 3.15. The molecule has 1 atom stereocenters. The van der Waals surface area contributed by atoms with Crippen molar-refractivity contribution in [2.75, 3.05) is 13.2 Å². The van der Waals surface area contributed by atoms with E-state index in [2.05, 4.69) is 34.6 Å². The largest absolute Gasteiger partial charge is 0.462 e. The second-order valence-corrected chi connectivity index (χ2v) is 17.7. The van der Waals surface area contributed by atoms with Gasteiger partial charge < -0.3 is 14.2 Å². The molecule has 0 rings (SSSR count). The van der Waals surface area contributed by atoms with Crippen LogP contribution in [0.1, 0.15) is 266 Å². The Morgan fingerprint density at radius 3 is 0.891 bits per heavy atom. The maximum absolute atomic E-state index is 12.7. The van der Waals surface area contributed by atoms with Gasteiger partial charge in [-0.25, -0.2) is 0 Å². The SMILES string of the molecule is CCCCCCCCCCCCC(=O)OC[C@@H](COC(=O)CCCCCCCCCC(C)C)OC(=O)CCCCCCCCCCCCCCCCC(C)C. The minimum atomic E-state index is -0.760. The second-order valence-electron chi connectivity index (χ2n) is 17.7. The fraction of sp³-hybridized carbons (Fsp3) is 0.939. The van der Waals surface area contributed by atoms with Crippen molar-refractivity contribution in [3.63, 3.8) is 0 Å². The molecule has 0 radical (unpaired) electrons. The minimum absolute atomic E-state index is 0.0648.